The number of phosphoric acid groups is 1. The van der Waals surface area contributed by atoms with Crippen LogP contribution in [0.1, 0.15) is 284 Å². The fourth-order valence-electron chi connectivity index (χ4n) is 9.15. The van der Waals surface area contributed by atoms with Gasteiger partial charge in [-0.25, -0.2) is 4.57 Å². The molecule has 0 heterocycles. The van der Waals surface area contributed by atoms with Crippen molar-refractivity contribution >= 4 is 13.7 Å². The number of aliphatic hydroxyl groups is 1. The molecule has 9 heteroatoms. The molecule has 3 unspecified atom stereocenters. The summed E-state index contributed by atoms with van der Waals surface area (Å²) >= 11 is 0. The molecule has 442 valence electrons. The molecule has 0 rings (SSSR count). The highest BCUT2D eigenvalue weighted by Gasteiger charge is 2.27. The van der Waals surface area contributed by atoms with Crippen LogP contribution in [0.4, 0.5) is 0 Å². The smallest absolute Gasteiger partial charge is 0.387 e. The lowest BCUT2D eigenvalue weighted by Crippen LogP contribution is -2.45. The minimum Gasteiger partial charge on any atom is -0.387 e. The predicted molar refractivity (Wildman–Crippen MR) is 332 cm³/mol. The predicted octanol–water partition coefficient (Wildman–Crippen LogP) is 20.0. The van der Waals surface area contributed by atoms with Gasteiger partial charge in [0.05, 0.1) is 39.9 Å². The number of nitrogens with zero attached hydrogens (tertiary/aromatic N) is 1. The molecule has 0 aromatic heterocycles. The summed E-state index contributed by atoms with van der Waals surface area (Å²) < 4.78 is 23.7. The van der Waals surface area contributed by atoms with Crippen LogP contribution in [-0.4, -0.2) is 73.4 Å². The quantitative estimate of drug-likeness (QED) is 0.0243. The maximum absolute atomic E-state index is 13.0. The molecule has 0 fully saturated rings. The number of likely N-dealkylation sites (N-methyl/N-ethyl adjacent to an activating group) is 1. The van der Waals surface area contributed by atoms with Crippen molar-refractivity contribution in [3.63, 3.8) is 0 Å². The van der Waals surface area contributed by atoms with E-state index < -0.39 is 20.0 Å². The molecule has 0 saturated carbocycles. The molecule has 0 aliphatic heterocycles. The molecule has 0 aliphatic carbocycles. The normalized spacial score (nSPS) is 14.4. The topological polar surface area (TPSA) is 105 Å². The second-order valence-corrected chi connectivity index (χ2v) is 24.2. The van der Waals surface area contributed by atoms with Crippen LogP contribution < -0.4 is 5.32 Å². The van der Waals surface area contributed by atoms with E-state index in [2.05, 4.69) is 92.1 Å². The Labute approximate surface area is 471 Å². The van der Waals surface area contributed by atoms with Gasteiger partial charge in [0, 0.05) is 6.42 Å². The number of amides is 1. The minimum atomic E-state index is -4.36. The fraction of sp³-hybridized carbons (Fsp3) is 0.776. The number of rotatable bonds is 58. The van der Waals surface area contributed by atoms with Crippen LogP contribution in [-0.2, 0) is 18.4 Å². The van der Waals surface area contributed by atoms with Gasteiger partial charge in [0.1, 0.15) is 13.2 Å². The molecule has 3 N–H and O–H groups in total. The Balaban J connectivity index is 3.95. The van der Waals surface area contributed by atoms with Crippen molar-refractivity contribution in [3.8, 4) is 0 Å². The van der Waals surface area contributed by atoms with Crippen molar-refractivity contribution in [2.45, 2.75) is 296 Å². The van der Waals surface area contributed by atoms with Crippen LogP contribution in [0.15, 0.2) is 85.1 Å². The van der Waals surface area contributed by atoms with Gasteiger partial charge in [-0.05, 0) is 77.0 Å². The zero-order valence-corrected chi connectivity index (χ0v) is 51.4. The minimum absolute atomic E-state index is 0.0556. The number of allylic oxidation sites excluding steroid dienone is 13. The molecule has 76 heavy (non-hydrogen) atoms. The standard InChI is InChI=1S/C67H123N2O6P/c1-6-8-10-12-14-16-18-20-22-23-24-25-26-27-28-29-30-31-32-33-34-35-36-37-38-39-40-41-42-43-44-45-47-49-51-53-55-57-59-61-67(71)68-65(64-75-76(72,73)74-63-62-69(3,4)5)66(70)60-58-56-54-52-50-48-46-21-19-17-15-13-11-9-7-2/h8,10,14,16,20,22,24-25,27-28,50,52,58,60,65-66,70H,6-7,9,11-13,15,17-19,21,23,26,29-49,51,53-57,59,61-64H2,1-5H3,(H-,68,71,72,73)/p+1/b10-8-,16-14-,22-20-,25-24-,28-27-,52-50+,60-58+. The maximum Gasteiger partial charge on any atom is 0.472 e. The number of quaternary nitrogens is 1. The largest absolute Gasteiger partial charge is 0.472 e. The summed E-state index contributed by atoms with van der Waals surface area (Å²) in [6.07, 6.45) is 81.5. The Morgan fingerprint density at radius 1 is 0.461 bits per heavy atom. The summed E-state index contributed by atoms with van der Waals surface area (Å²) in [5.41, 5.74) is 0. The first kappa shape index (κ1) is 73.7. The number of nitrogens with one attached hydrogen (secondary N) is 1. The molecule has 0 aromatic carbocycles. The second kappa shape index (κ2) is 57.4. The number of carbonyl (C=O) groups is 1. The van der Waals surface area contributed by atoms with Gasteiger partial charge >= 0.3 is 7.82 Å². The lowest BCUT2D eigenvalue weighted by atomic mass is 10.0. The number of hydrogen-bond acceptors (Lipinski definition) is 5. The third-order valence-electron chi connectivity index (χ3n) is 14.1. The molecule has 0 saturated heterocycles. The molecule has 8 nitrogen and oxygen atoms in total. The lowest BCUT2D eigenvalue weighted by Gasteiger charge is -2.25. The number of phosphoric ester groups is 1. The van der Waals surface area contributed by atoms with Crippen molar-refractivity contribution in [3.05, 3.63) is 85.1 Å². The van der Waals surface area contributed by atoms with Crippen LogP contribution >= 0.6 is 7.82 Å². The molecule has 0 radical (unpaired) electrons. The molecule has 0 aliphatic rings. The first-order chi connectivity index (χ1) is 37.0. The summed E-state index contributed by atoms with van der Waals surface area (Å²) in [5.74, 6) is -0.185. The summed E-state index contributed by atoms with van der Waals surface area (Å²) in [4.78, 5) is 23.3. The molecule has 0 spiro atoms. The van der Waals surface area contributed by atoms with Crippen molar-refractivity contribution in [1.29, 1.82) is 0 Å². The summed E-state index contributed by atoms with van der Waals surface area (Å²) in [6, 6.07) is -0.864. The van der Waals surface area contributed by atoms with E-state index in [0.717, 1.165) is 70.6 Å². The van der Waals surface area contributed by atoms with Crippen molar-refractivity contribution in [2.75, 3.05) is 40.9 Å². The van der Waals surface area contributed by atoms with Crippen LogP contribution in [0.25, 0.3) is 0 Å². The molecule has 3 atom stereocenters. The molecular weight excluding hydrogens is 960 g/mol. The first-order valence-corrected chi connectivity index (χ1v) is 33.5. The van der Waals surface area contributed by atoms with E-state index in [9.17, 15) is 19.4 Å². The van der Waals surface area contributed by atoms with Gasteiger partial charge in [-0.15, -0.1) is 0 Å². The number of carbonyl (C=O) groups excluding carboxylic acids is 1. The summed E-state index contributed by atoms with van der Waals surface area (Å²) in [7, 11) is 1.56. The van der Waals surface area contributed by atoms with E-state index >= 15 is 0 Å². The average Bonchev–Trinajstić information content (AvgIpc) is 3.38. The Morgan fingerprint density at radius 3 is 1.21 bits per heavy atom. The molecular formula is C67H124N2O6P+. The van der Waals surface area contributed by atoms with Gasteiger partial charge in [0.2, 0.25) is 5.91 Å². The number of hydrogen-bond donors (Lipinski definition) is 3. The van der Waals surface area contributed by atoms with Gasteiger partial charge in [-0.1, -0.05) is 285 Å². The zero-order chi connectivity index (χ0) is 55.6. The Morgan fingerprint density at radius 2 is 0.803 bits per heavy atom. The highest BCUT2D eigenvalue weighted by Crippen LogP contribution is 2.43. The number of aliphatic hydroxyl groups excluding tert-OH is 1. The van der Waals surface area contributed by atoms with Crippen LogP contribution in [0, 0.1) is 0 Å². The van der Waals surface area contributed by atoms with Gasteiger partial charge < -0.3 is 19.8 Å². The Hall–Kier alpha value is -2.32. The van der Waals surface area contributed by atoms with Gasteiger partial charge in [0.25, 0.3) is 0 Å². The van der Waals surface area contributed by atoms with E-state index in [1.807, 2.05) is 27.2 Å². The van der Waals surface area contributed by atoms with E-state index in [0.29, 0.717) is 17.4 Å². The lowest BCUT2D eigenvalue weighted by molar-refractivity contribution is -0.870. The highest BCUT2D eigenvalue weighted by atomic mass is 31.2. The third-order valence-corrected chi connectivity index (χ3v) is 15.1. The highest BCUT2D eigenvalue weighted by molar-refractivity contribution is 7.47. The van der Waals surface area contributed by atoms with Crippen LogP contribution in [0.2, 0.25) is 0 Å². The molecule has 1 amide bonds. The fourth-order valence-corrected chi connectivity index (χ4v) is 9.88. The Bertz CT molecular complexity index is 1510. The van der Waals surface area contributed by atoms with Crippen LogP contribution in [0.3, 0.4) is 0 Å². The molecule has 0 bridgehead atoms. The van der Waals surface area contributed by atoms with E-state index in [4.69, 9.17) is 9.05 Å². The second-order valence-electron chi connectivity index (χ2n) is 22.7. The Kier molecular flexibility index (Phi) is 55.6. The maximum atomic E-state index is 13.0. The summed E-state index contributed by atoms with van der Waals surface area (Å²) in [6.45, 7) is 4.69. The average molecular weight is 1080 g/mol. The van der Waals surface area contributed by atoms with E-state index in [1.165, 1.54) is 193 Å². The van der Waals surface area contributed by atoms with E-state index in [-0.39, 0.29) is 19.1 Å². The van der Waals surface area contributed by atoms with Gasteiger partial charge in [0.15, 0.2) is 0 Å². The number of unbranched alkanes of at least 4 members (excludes halogenated alkanes) is 33. The summed E-state index contributed by atoms with van der Waals surface area (Å²) in [5, 5.41) is 13.9. The van der Waals surface area contributed by atoms with Crippen molar-refractivity contribution < 1.29 is 32.9 Å². The molecule has 0 aromatic rings. The third kappa shape index (κ3) is 59.3. The van der Waals surface area contributed by atoms with Crippen molar-refractivity contribution in [1.82, 2.24) is 5.32 Å². The van der Waals surface area contributed by atoms with Crippen LogP contribution in [0.5, 0.6) is 0 Å². The van der Waals surface area contributed by atoms with Gasteiger partial charge in [-0.3, -0.25) is 13.8 Å². The first-order valence-electron chi connectivity index (χ1n) is 32.0. The van der Waals surface area contributed by atoms with E-state index in [1.54, 1.807) is 6.08 Å². The zero-order valence-electron chi connectivity index (χ0n) is 50.5. The monoisotopic (exact) mass is 1080 g/mol. The van der Waals surface area contributed by atoms with Gasteiger partial charge in [-0.2, -0.15) is 0 Å². The van der Waals surface area contributed by atoms with Crippen molar-refractivity contribution in [2.24, 2.45) is 0 Å². The SMILES string of the molecule is CC/C=C\C/C=C\C/C=C\C/C=C\C/C=C\CCCCCCCCCCCCCCCCCCCCCCCCCC(=O)NC(COP(=O)(O)OCC[N+](C)(C)C)C(O)/C=C/CC/C=C/CCCCCCCCCCC.